The van der Waals surface area contributed by atoms with E-state index in [0.717, 1.165) is 16.9 Å². The van der Waals surface area contributed by atoms with Crippen LogP contribution in [-0.4, -0.2) is 28.2 Å². The Hall–Kier alpha value is -3.00. The van der Waals surface area contributed by atoms with Gasteiger partial charge in [-0.25, -0.2) is 0 Å². The first kappa shape index (κ1) is 24.1. The first-order chi connectivity index (χ1) is 16.5. The molecule has 0 saturated heterocycles. The third-order valence-corrected chi connectivity index (χ3v) is 6.65. The summed E-state index contributed by atoms with van der Waals surface area (Å²) in [7, 11) is 1.60. The van der Waals surface area contributed by atoms with E-state index in [-0.39, 0.29) is 0 Å². The molecule has 1 aromatic heterocycles. The van der Waals surface area contributed by atoms with Crippen molar-refractivity contribution in [3.63, 3.8) is 0 Å². The average molecular weight is 513 g/mol. The molecule has 174 valence electrons. The second-order valence-corrected chi connectivity index (χ2v) is 9.15. The maximum Gasteiger partial charge on any atom is 0.212 e. The molecule has 0 aliphatic rings. The molecule has 34 heavy (non-hydrogen) atoms. The van der Waals surface area contributed by atoms with Gasteiger partial charge in [-0.2, -0.15) is 9.78 Å². The van der Waals surface area contributed by atoms with Crippen molar-refractivity contribution in [2.75, 3.05) is 7.11 Å². The molecule has 0 amide bonds. The molecular formula is C25H22Cl2N4O2S. The van der Waals surface area contributed by atoms with Crippen molar-refractivity contribution in [3.05, 3.63) is 99.3 Å². The van der Waals surface area contributed by atoms with Crippen molar-refractivity contribution in [3.8, 4) is 11.5 Å². The Balaban J connectivity index is 1.50. The molecule has 3 aromatic carbocycles. The lowest BCUT2D eigenvalue weighted by Gasteiger charge is -2.13. The summed E-state index contributed by atoms with van der Waals surface area (Å²) < 4.78 is 13.2. The molecule has 0 fully saturated rings. The van der Waals surface area contributed by atoms with Gasteiger partial charge in [-0.05, 0) is 42.3 Å². The van der Waals surface area contributed by atoms with Gasteiger partial charge in [-0.15, -0.1) is 10.2 Å². The molecule has 0 unspecified atom stereocenters. The van der Waals surface area contributed by atoms with Gasteiger partial charge in [0.2, 0.25) is 5.16 Å². The SMILES string of the molecule is COc1cccc(/C=N/n2cnnc2SCc2ccc(C)cc2)c1OCc1ccc(Cl)c(Cl)c1. The minimum absolute atomic E-state index is 0.294. The topological polar surface area (TPSA) is 61.5 Å². The molecular weight excluding hydrogens is 491 g/mol. The predicted octanol–water partition coefficient (Wildman–Crippen LogP) is 6.66. The molecule has 4 rings (SSSR count). The zero-order valence-electron chi connectivity index (χ0n) is 18.6. The van der Waals surface area contributed by atoms with Crippen LogP contribution in [0.4, 0.5) is 0 Å². The van der Waals surface area contributed by atoms with E-state index in [0.29, 0.717) is 33.3 Å². The second-order valence-electron chi connectivity index (χ2n) is 7.39. The van der Waals surface area contributed by atoms with Crippen LogP contribution in [0.25, 0.3) is 0 Å². The number of para-hydroxylation sites is 1. The largest absolute Gasteiger partial charge is 0.493 e. The van der Waals surface area contributed by atoms with Crippen LogP contribution in [-0.2, 0) is 12.4 Å². The minimum Gasteiger partial charge on any atom is -0.493 e. The quantitative estimate of drug-likeness (QED) is 0.185. The highest BCUT2D eigenvalue weighted by Crippen LogP contribution is 2.32. The second kappa shape index (κ2) is 11.4. The molecule has 0 aliphatic heterocycles. The zero-order chi connectivity index (χ0) is 23.9. The summed E-state index contributed by atoms with van der Waals surface area (Å²) in [5.41, 5.74) is 4.08. The molecule has 9 heteroatoms. The molecule has 0 saturated carbocycles. The molecule has 6 nitrogen and oxygen atoms in total. The summed E-state index contributed by atoms with van der Waals surface area (Å²) in [6, 6.07) is 19.4. The van der Waals surface area contributed by atoms with Gasteiger partial charge in [0.05, 0.1) is 23.4 Å². The maximum absolute atomic E-state index is 6.13. The fraction of sp³-hybridized carbons (Fsp3) is 0.160. The predicted molar refractivity (Wildman–Crippen MR) is 138 cm³/mol. The van der Waals surface area contributed by atoms with Crippen molar-refractivity contribution >= 4 is 41.2 Å². The number of nitrogens with zero attached hydrogens (tertiary/aromatic N) is 4. The van der Waals surface area contributed by atoms with Crippen LogP contribution < -0.4 is 9.47 Å². The van der Waals surface area contributed by atoms with Crippen LogP contribution >= 0.6 is 35.0 Å². The number of ether oxygens (including phenoxy) is 2. The van der Waals surface area contributed by atoms with E-state index in [1.165, 1.54) is 11.1 Å². The number of halogens is 2. The smallest absolute Gasteiger partial charge is 0.212 e. The highest BCUT2D eigenvalue weighted by atomic mass is 35.5. The number of thioether (sulfide) groups is 1. The normalized spacial score (nSPS) is 11.2. The first-order valence-electron chi connectivity index (χ1n) is 10.4. The molecule has 1 heterocycles. The Bertz CT molecular complexity index is 1290. The van der Waals surface area contributed by atoms with Gasteiger partial charge in [0.25, 0.3) is 0 Å². The zero-order valence-corrected chi connectivity index (χ0v) is 20.9. The van der Waals surface area contributed by atoms with Gasteiger partial charge in [0.1, 0.15) is 12.9 Å². The van der Waals surface area contributed by atoms with Crippen molar-refractivity contribution in [1.82, 2.24) is 14.9 Å². The van der Waals surface area contributed by atoms with Gasteiger partial charge in [-0.1, -0.05) is 76.9 Å². The van der Waals surface area contributed by atoms with Gasteiger partial charge in [-0.3, -0.25) is 0 Å². The van der Waals surface area contributed by atoms with E-state index in [9.17, 15) is 0 Å². The van der Waals surface area contributed by atoms with Gasteiger partial charge in [0, 0.05) is 11.3 Å². The highest BCUT2D eigenvalue weighted by Gasteiger charge is 2.11. The monoisotopic (exact) mass is 512 g/mol. The van der Waals surface area contributed by atoms with E-state index >= 15 is 0 Å². The molecule has 0 N–H and O–H groups in total. The first-order valence-corrected chi connectivity index (χ1v) is 12.1. The van der Waals surface area contributed by atoms with E-state index in [4.69, 9.17) is 32.7 Å². The van der Waals surface area contributed by atoms with Gasteiger partial charge in [0.15, 0.2) is 11.5 Å². The van der Waals surface area contributed by atoms with Crippen molar-refractivity contribution in [2.24, 2.45) is 5.10 Å². The Morgan fingerprint density at radius 3 is 2.59 bits per heavy atom. The summed E-state index contributed by atoms with van der Waals surface area (Å²) in [4.78, 5) is 0. The molecule has 0 aliphatic carbocycles. The van der Waals surface area contributed by atoms with E-state index < -0.39 is 0 Å². The molecule has 0 atom stereocenters. The van der Waals surface area contributed by atoms with Crippen molar-refractivity contribution in [1.29, 1.82) is 0 Å². The highest BCUT2D eigenvalue weighted by molar-refractivity contribution is 7.98. The van der Waals surface area contributed by atoms with Crippen LogP contribution in [0, 0.1) is 6.92 Å². The van der Waals surface area contributed by atoms with E-state index in [1.807, 2.05) is 24.3 Å². The average Bonchev–Trinajstić information content (AvgIpc) is 3.30. The summed E-state index contributed by atoms with van der Waals surface area (Å²) in [5.74, 6) is 1.94. The number of methoxy groups -OCH3 is 1. The molecule has 4 aromatic rings. The van der Waals surface area contributed by atoms with Crippen LogP contribution in [0.2, 0.25) is 10.0 Å². The Labute approximate surface area is 212 Å². The summed E-state index contributed by atoms with van der Waals surface area (Å²) in [5, 5.41) is 14.4. The number of hydrogen-bond donors (Lipinski definition) is 0. The Morgan fingerprint density at radius 1 is 1.03 bits per heavy atom. The molecule has 0 radical (unpaired) electrons. The summed E-state index contributed by atoms with van der Waals surface area (Å²) in [6.45, 7) is 2.37. The fourth-order valence-corrected chi connectivity index (χ4v) is 4.23. The van der Waals surface area contributed by atoms with Gasteiger partial charge >= 0.3 is 0 Å². The van der Waals surface area contributed by atoms with E-state index in [2.05, 4.69) is 46.5 Å². The summed E-state index contributed by atoms with van der Waals surface area (Å²) in [6.07, 6.45) is 3.27. The van der Waals surface area contributed by atoms with Crippen molar-refractivity contribution in [2.45, 2.75) is 24.4 Å². The van der Waals surface area contributed by atoms with Gasteiger partial charge < -0.3 is 9.47 Å². The Morgan fingerprint density at radius 2 is 1.82 bits per heavy atom. The number of aryl methyl sites for hydroxylation is 1. The summed E-state index contributed by atoms with van der Waals surface area (Å²) >= 11 is 13.7. The van der Waals surface area contributed by atoms with Crippen LogP contribution in [0.15, 0.2) is 77.2 Å². The molecule has 0 bridgehead atoms. The van der Waals surface area contributed by atoms with Crippen molar-refractivity contribution < 1.29 is 9.47 Å². The third kappa shape index (κ3) is 6.11. The standard InChI is InChI=1S/C25H22Cl2N4O2S/c1-17-6-8-18(9-7-17)15-34-25-30-28-16-31(25)29-13-20-4-3-5-23(32-2)24(20)33-14-19-10-11-21(26)22(27)12-19/h3-13,16H,14-15H2,1-2H3/b29-13+. The number of rotatable bonds is 9. The number of hydrogen-bond acceptors (Lipinski definition) is 6. The maximum atomic E-state index is 6.13. The lowest BCUT2D eigenvalue weighted by molar-refractivity contribution is 0.284. The third-order valence-electron chi connectivity index (χ3n) is 4.91. The number of aromatic nitrogens is 3. The minimum atomic E-state index is 0.294. The van der Waals surface area contributed by atoms with E-state index in [1.54, 1.807) is 48.2 Å². The lowest BCUT2D eigenvalue weighted by atomic mass is 10.2. The fourth-order valence-electron chi connectivity index (χ4n) is 3.08. The molecule has 0 spiro atoms. The van der Waals surface area contributed by atoms with Crippen LogP contribution in [0.5, 0.6) is 11.5 Å². The number of benzene rings is 3. The van der Waals surface area contributed by atoms with Crippen LogP contribution in [0.1, 0.15) is 22.3 Å². The van der Waals surface area contributed by atoms with Crippen LogP contribution in [0.3, 0.4) is 0 Å². The lowest BCUT2D eigenvalue weighted by Crippen LogP contribution is -2.02. The Kier molecular flexibility index (Phi) is 8.11.